The Kier molecular flexibility index (Phi) is 5.03. The minimum absolute atomic E-state index is 0.207. The van der Waals surface area contributed by atoms with Crippen molar-refractivity contribution in [2.75, 3.05) is 0 Å². The standard InChI is InChI=1S/C24H19N3O2/c1-17-7-5-6-10-22(17)23-19(16-27(26-23)21-8-3-2-4-9-21)11-12-20-15-18(24(28)29)13-14-25-20/h2-16H,1H3,(H,28,29)/b12-11+. The highest BCUT2D eigenvalue weighted by Gasteiger charge is 2.12. The predicted molar refractivity (Wildman–Crippen MR) is 114 cm³/mol. The van der Waals surface area contributed by atoms with Gasteiger partial charge in [-0.05, 0) is 48.9 Å². The number of rotatable bonds is 5. The molecule has 0 radical (unpaired) electrons. The van der Waals surface area contributed by atoms with Crippen molar-refractivity contribution in [3.63, 3.8) is 0 Å². The highest BCUT2D eigenvalue weighted by atomic mass is 16.4. The maximum absolute atomic E-state index is 11.2. The second kappa shape index (κ2) is 7.94. The van der Waals surface area contributed by atoms with Crippen molar-refractivity contribution in [2.24, 2.45) is 0 Å². The summed E-state index contributed by atoms with van der Waals surface area (Å²) in [7, 11) is 0. The normalized spacial score (nSPS) is 11.1. The van der Waals surface area contributed by atoms with Gasteiger partial charge in [0.15, 0.2) is 0 Å². The van der Waals surface area contributed by atoms with Crippen LogP contribution in [0.25, 0.3) is 29.1 Å². The molecule has 0 bridgehead atoms. The van der Waals surface area contributed by atoms with Gasteiger partial charge in [-0.25, -0.2) is 9.48 Å². The largest absolute Gasteiger partial charge is 0.478 e. The van der Waals surface area contributed by atoms with Crippen LogP contribution in [0, 0.1) is 6.92 Å². The molecule has 0 spiro atoms. The molecule has 5 heteroatoms. The van der Waals surface area contributed by atoms with Gasteiger partial charge in [0.25, 0.3) is 0 Å². The van der Waals surface area contributed by atoms with Crippen molar-refractivity contribution in [1.82, 2.24) is 14.8 Å². The molecule has 4 aromatic rings. The Morgan fingerprint density at radius 3 is 2.52 bits per heavy atom. The summed E-state index contributed by atoms with van der Waals surface area (Å²) >= 11 is 0. The number of carbonyl (C=O) groups is 1. The van der Waals surface area contributed by atoms with E-state index in [4.69, 9.17) is 5.10 Å². The number of aromatic carboxylic acids is 1. The summed E-state index contributed by atoms with van der Waals surface area (Å²) in [6.07, 6.45) is 7.19. The molecular formula is C24H19N3O2. The third kappa shape index (κ3) is 3.99. The van der Waals surface area contributed by atoms with Crippen LogP contribution in [0.1, 0.15) is 27.2 Å². The van der Waals surface area contributed by atoms with Gasteiger partial charge in [-0.1, -0.05) is 42.5 Å². The molecule has 0 aliphatic rings. The molecule has 142 valence electrons. The molecule has 0 amide bonds. The molecule has 0 fully saturated rings. The van der Waals surface area contributed by atoms with E-state index in [1.807, 2.05) is 65.5 Å². The van der Waals surface area contributed by atoms with Gasteiger partial charge in [-0.15, -0.1) is 0 Å². The molecule has 29 heavy (non-hydrogen) atoms. The summed E-state index contributed by atoms with van der Waals surface area (Å²) in [4.78, 5) is 15.4. The SMILES string of the molecule is Cc1ccccc1-c1nn(-c2ccccc2)cc1/C=C/c1cc(C(=O)O)ccn1. The summed E-state index contributed by atoms with van der Waals surface area (Å²) in [6, 6.07) is 21.1. The van der Waals surface area contributed by atoms with E-state index in [2.05, 4.69) is 18.0 Å². The van der Waals surface area contributed by atoms with Gasteiger partial charge < -0.3 is 5.11 Å². The minimum Gasteiger partial charge on any atom is -0.478 e. The van der Waals surface area contributed by atoms with Crippen molar-refractivity contribution >= 4 is 18.1 Å². The summed E-state index contributed by atoms with van der Waals surface area (Å²) in [6.45, 7) is 2.06. The maximum atomic E-state index is 11.2. The van der Waals surface area contributed by atoms with Crippen LogP contribution in [0.2, 0.25) is 0 Å². The molecular weight excluding hydrogens is 362 g/mol. The number of aromatic nitrogens is 3. The Morgan fingerprint density at radius 2 is 1.76 bits per heavy atom. The van der Waals surface area contributed by atoms with Crippen molar-refractivity contribution in [3.05, 3.63) is 102 Å². The van der Waals surface area contributed by atoms with Crippen LogP contribution in [0.5, 0.6) is 0 Å². The van der Waals surface area contributed by atoms with E-state index in [0.717, 1.165) is 28.1 Å². The lowest BCUT2D eigenvalue weighted by molar-refractivity contribution is 0.0696. The monoisotopic (exact) mass is 381 g/mol. The fourth-order valence-electron chi connectivity index (χ4n) is 3.12. The zero-order chi connectivity index (χ0) is 20.2. The van der Waals surface area contributed by atoms with E-state index in [1.54, 1.807) is 12.1 Å². The van der Waals surface area contributed by atoms with E-state index in [9.17, 15) is 9.90 Å². The van der Waals surface area contributed by atoms with Gasteiger partial charge >= 0.3 is 5.97 Å². The zero-order valence-corrected chi connectivity index (χ0v) is 15.9. The first kappa shape index (κ1) is 18.4. The third-order valence-corrected chi connectivity index (χ3v) is 4.63. The quantitative estimate of drug-likeness (QED) is 0.521. The predicted octanol–water partition coefficient (Wildman–Crippen LogP) is 5.11. The number of hydrogen-bond acceptors (Lipinski definition) is 3. The van der Waals surface area contributed by atoms with Gasteiger partial charge in [-0.2, -0.15) is 5.10 Å². The Bertz CT molecular complexity index is 1190. The van der Waals surface area contributed by atoms with Crippen molar-refractivity contribution in [3.8, 4) is 16.9 Å². The number of pyridine rings is 1. The van der Waals surface area contributed by atoms with Gasteiger partial charge in [0.2, 0.25) is 0 Å². The summed E-state index contributed by atoms with van der Waals surface area (Å²) < 4.78 is 1.85. The Morgan fingerprint density at radius 1 is 1.00 bits per heavy atom. The zero-order valence-electron chi connectivity index (χ0n) is 15.9. The lowest BCUT2D eigenvalue weighted by Gasteiger charge is -2.04. The number of hydrogen-bond donors (Lipinski definition) is 1. The number of benzene rings is 2. The van der Waals surface area contributed by atoms with Crippen LogP contribution >= 0.6 is 0 Å². The fourth-order valence-corrected chi connectivity index (χ4v) is 3.12. The number of carboxylic acids is 1. The minimum atomic E-state index is -0.973. The summed E-state index contributed by atoms with van der Waals surface area (Å²) in [5.74, 6) is -0.973. The Labute approximate surface area is 168 Å². The highest BCUT2D eigenvalue weighted by Crippen LogP contribution is 2.28. The summed E-state index contributed by atoms with van der Waals surface area (Å²) in [5.41, 5.74) is 5.71. The van der Waals surface area contributed by atoms with E-state index in [1.165, 1.54) is 12.3 Å². The fraction of sp³-hybridized carbons (Fsp3) is 0.0417. The highest BCUT2D eigenvalue weighted by molar-refractivity contribution is 5.88. The first-order valence-electron chi connectivity index (χ1n) is 9.20. The van der Waals surface area contributed by atoms with Gasteiger partial charge in [0, 0.05) is 23.5 Å². The molecule has 5 nitrogen and oxygen atoms in total. The summed E-state index contributed by atoms with van der Waals surface area (Å²) in [5, 5.41) is 14.0. The molecule has 2 aromatic heterocycles. The molecule has 0 aliphatic carbocycles. The average Bonchev–Trinajstić information content (AvgIpc) is 3.17. The van der Waals surface area contributed by atoms with Crippen LogP contribution in [0.3, 0.4) is 0 Å². The molecule has 0 saturated carbocycles. The van der Waals surface area contributed by atoms with Crippen LogP contribution in [0.15, 0.2) is 79.1 Å². The van der Waals surface area contributed by atoms with Gasteiger partial charge in [-0.3, -0.25) is 4.98 Å². The number of nitrogens with zero attached hydrogens (tertiary/aromatic N) is 3. The lowest BCUT2D eigenvalue weighted by atomic mass is 10.0. The Balaban J connectivity index is 1.79. The van der Waals surface area contributed by atoms with Gasteiger partial charge in [0.1, 0.15) is 5.69 Å². The molecule has 2 aromatic carbocycles. The number of carboxylic acid groups (broad SMARTS) is 1. The number of para-hydroxylation sites is 1. The number of aryl methyl sites for hydroxylation is 1. The van der Waals surface area contributed by atoms with Crippen LogP contribution in [0.4, 0.5) is 0 Å². The van der Waals surface area contributed by atoms with Crippen molar-refractivity contribution in [1.29, 1.82) is 0 Å². The van der Waals surface area contributed by atoms with E-state index in [-0.39, 0.29) is 5.56 Å². The van der Waals surface area contributed by atoms with Crippen molar-refractivity contribution in [2.45, 2.75) is 6.92 Å². The third-order valence-electron chi connectivity index (χ3n) is 4.63. The molecule has 4 rings (SSSR count). The molecule has 0 unspecified atom stereocenters. The molecule has 0 atom stereocenters. The smallest absolute Gasteiger partial charge is 0.335 e. The molecule has 2 heterocycles. The first-order valence-corrected chi connectivity index (χ1v) is 9.20. The van der Waals surface area contributed by atoms with Crippen LogP contribution < -0.4 is 0 Å². The van der Waals surface area contributed by atoms with Crippen LogP contribution in [-0.4, -0.2) is 25.8 Å². The van der Waals surface area contributed by atoms with E-state index in [0.29, 0.717) is 5.69 Å². The van der Waals surface area contributed by atoms with Gasteiger partial charge in [0.05, 0.1) is 16.9 Å². The maximum Gasteiger partial charge on any atom is 0.335 e. The lowest BCUT2D eigenvalue weighted by Crippen LogP contribution is -1.96. The Hall–Kier alpha value is -3.99. The topological polar surface area (TPSA) is 68.0 Å². The second-order valence-corrected chi connectivity index (χ2v) is 6.64. The molecule has 0 aliphatic heterocycles. The molecule has 0 saturated heterocycles. The van der Waals surface area contributed by atoms with Crippen LogP contribution in [-0.2, 0) is 0 Å². The van der Waals surface area contributed by atoms with Crippen molar-refractivity contribution < 1.29 is 9.90 Å². The molecule has 1 N–H and O–H groups in total. The van der Waals surface area contributed by atoms with E-state index >= 15 is 0 Å². The van der Waals surface area contributed by atoms with E-state index < -0.39 is 5.97 Å². The second-order valence-electron chi connectivity index (χ2n) is 6.64. The first-order chi connectivity index (χ1) is 14.1. The average molecular weight is 381 g/mol.